The van der Waals surface area contributed by atoms with Gasteiger partial charge in [0.15, 0.2) is 0 Å². The minimum atomic E-state index is -0.0882. The van der Waals surface area contributed by atoms with Crippen LogP contribution in [0.4, 0.5) is 0 Å². The highest BCUT2D eigenvalue weighted by atomic mass is 35.5. The summed E-state index contributed by atoms with van der Waals surface area (Å²) in [5.74, 6) is 0.204. The molecule has 166 valence electrons. The van der Waals surface area contributed by atoms with Gasteiger partial charge in [0.2, 0.25) is 0 Å². The minimum Gasteiger partial charge on any atom is -0.507 e. The van der Waals surface area contributed by atoms with Crippen molar-refractivity contribution in [2.24, 2.45) is 0 Å². The standard InChI is InChI=1S/C24H25N5OS.ClH/c1-23(2)9-15(10-24(3,4)29-23)18-8-21-19(13-25-18)28-22(31-21)17-6-5-14(7-20(17)30)16-11-26-27-12-16;/h5-9,11-13,29-30H,10H2,1-4H3,(H,26,27);1H. The van der Waals surface area contributed by atoms with Crippen LogP contribution in [0.1, 0.15) is 39.8 Å². The number of rotatable bonds is 3. The molecule has 0 unspecified atom stereocenters. The lowest BCUT2D eigenvalue weighted by Crippen LogP contribution is -2.53. The number of pyridine rings is 1. The molecule has 0 spiro atoms. The van der Waals surface area contributed by atoms with Crippen LogP contribution in [0.2, 0.25) is 0 Å². The fourth-order valence-electron chi connectivity index (χ4n) is 4.50. The third kappa shape index (κ3) is 4.28. The van der Waals surface area contributed by atoms with Crippen LogP contribution in [-0.4, -0.2) is 36.3 Å². The number of hydrogen-bond donors (Lipinski definition) is 3. The van der Waals surface area contributed by atoms with E-state index < -0.39 is 0 Å². The van der Waals surface area contributed by atoms with E-state index in [1.54, 1.807) is 29.8 Å². The Hall–Kier alpha value is -2.74. The van der Waals surface area contributed by atoms with Gasteiger partial charge in [0.1, 0.15) is 16.3 Å². The fraction of sp³-hybridized carbons (Fsp3) is 0.292. The Morgan fingerprint density at radius 3 is 2.56 bits per heavy atom. The summed E-state index contributed by atoms with van der Waals surface area (Å²) in [5.41, 5.74) is 5.56. The van der Waals surface area contributed by atoms with Crippen molar-refractivity contribution in [3.63, 3.8) is 0 Å². The summed E-state index contributed by atoms with van der Waals surface area (Å²) in [5, 5.41) is 21.9. The average Bonchev–Trinajstić information content (AvgIpc) is 3.34. The predicted octanol–water partition coefficient (Wildman–Crippen LogP) is 5.81. The summed E-state index contributed by atoms with van der Waals surface area (Å²) >= 11 is 1.57. The molecular formula is C24H26ClN5OS. The Balaban J connectivity index is 0.00000245. The quantitative estimate of drug-likeness (QED) is 0.354. The first-order valence-corrected chi connectivity index (χ1v) is 11.1. The molecule has 0 aliphatic carbocycles. The van der Waals surface area contributed by atoms with Gasteiger partial charge in [0.05, 0.1) is 28.4 Å². The SMILES string of the molecule is CC1(C)C=C(c2cc3sc(-c4ccc(-c5cn[nH]c5)cc4O)nc3cn2)CC(C)(C)N1.Cl. The summed E-state index contributed by atoms with van der Waals surface area (Å²) in [6.45, 7) is 8.82. The van der Waals surface area contributed by atoms with Gasteiger partial charge in [-0.15, -0.1) is 23.7 Å². The number of hydrogen-bond acceptors (Lipinski definition) is 6. The molecule has 0 fully saturated rings. The number of aromatic hydroxyl groups is 1. The number of phenolic OH excluding ortho intramolecular Hbond substituents is 1. The second-order valence-corrected chi connectivity index (χ2v) is 10.4. The van der Waals surface area contributed by atoms with E-state index in [9.17, 15) is 5.11 Å². The van der Waals surface area contributed by atoms with Crippen molar-refractivity contribution >= 4 is 39.5 Å². The molecule has 0 saturated heterocycles. The third-order valence-electron chi connectivity index (χ3n) is 5.49. The molecule has 5 rings (SSSR count). The lowest BCUT2D eigenvalue weighted by atomic mass is 9.82. The van der Waals surface area contributed by atoms with Gasteiger partial charge in [-0.3, -0.25) is 10.1 Å². The normalized spacial score (nSPS) is 17.1. The van der Waals surface area contributed by atoms with E-state index in [0.717, 1.165) is 44.0 Å². The number of thiazole rings is 1. The molecule has 6 nitrogen and oxygen atoms in total. The number of halogens is 1. The first kappa shape index (κ1) is 22.5. The van der Waals surface area contributed by atoms with Crippen molar-refractivity contribution in [3.05, 3.63) is 54.6 Å². The Labute approximate surface area is 197 Å². The van der Waals surface area contributed by atoms with Crippen LogP contribution in [-0.2, 0) is 0 Å². The molecule has 3 N–H and O–H groups in total. The lowest BCUT2D eigenvalue weighted by molar-refractivity contribution is 0.297. The van der Waals surface area contributed by atoms with Crippen LogP contribution in [0.25, 0.3) is 37.5 Å². The first-order chi connectivity index (χ1) is 14.7. The van der Waals surface area contributed by atoms with E-state index in [4.69, 9.17) is 9.97 Å². The average molecular weight is 468 g/mol. The topological polar surface area (TPSA) is 86.7 Å². The van der Waals surface area contributed by atoms with Crippen molar-refractivity contribution < 1.29 is 5.11 Å². The molecule has 1 aliphatic heterocycles. The molecular weight excluding hydrogens is 442 g/mol. The number of H-pyrrole nitrogens is 1. The molecule has 8 heteroatoms. The monoisotopic (exact) mass is 467 g/mol. The van der Waals surface area contributed by atoms with Crippen LogP contribution in [0.15, 0.2) is 48.9 Å². The molecule has 4 heterocycles. The summed E-state index contributed by atoms with van der Waals surface area (Å²) in [6, 6.07) is 7.75. The minimum absolute atomic E-state index is 0. The van der Waals surface area contributed by atoms with Gasteiger partial charge in [-0.1, -0.05) is 12.1 Å². The van der Waals surface area contributed by atoms with Crippen molar-refractivity contribution in [1.29, 1.82) is 0 Å². The second kappa shape index (κ2) is 7.99. The number of aromatic nitrogens is 4. The van der Waals surface area contributed by atoms with E-state index in [1.807, 2.05) is 18.3 Å². The van der Waals surface area contributed by atoms with E-state index in [-0.39, 0.29) is 29.2 Å². The van der Waals surface area contributed by atoms with E-state index in [0.29, 0.717) is 0 Å². The van der Waals surface area contributed by atoms with Gasteiger partial charge in [-0.05, 0) is 63.5 Å². The second-order valence-electron chi connectivity index (χ2n) is 9.35. The molecule has 1 aromatic carbocycles. The Morgan fingerprint density at radius 1 is 1.06 bits per heavy atom. The molecule has 0 bridgehead atoms. The zero-order chi connectivity index (χ0) is 21.8. The van der Waals surface area contributed by atoms with Crippen LogP contribution in [0, 0.1) is 0 Å². The maximum absolute atomic E-state index is 10.6. The molecule has 4 aromatic rings. The van der Waals surface area contributed by atoms with Crippen molar-refractivity contribution in [2.75, 3.05) is 0 Å². The highest BCUT2D eigenvalue weighted by molar-refractivity contribution is 7.21. The van der Waals surface area contributed by atoms with Crippen LogP contribution in [0.5, 0.6) is 5.75 Å². The van der Waals surface area contributed by atoms with Gasteiger partial charge < -0.3 is 10.4 Å². The maximum Gasteiger partial charge on any atom is 0.128 e. The molecule has 0 saturated carbocycles. The van der Waals surface area contributed by atoms with Gasteiger partial charge in [0.25, 0.3) is 0 Å². The van der Waals surface area contributed by atoms with Gasteiger partial charge in [-0.25, -0.2) is 4.98 Å². The number of phenols is 1. The molecule has 0 atom stereocenters. The van der Waals surface area contributed by atoms with Gasteiger partial charge >= 0.3 is 0 Å². The predicted molar refractivity (Wildman–Crippen MR) is 133 cm³/mol. The highest BCUT2D eigenvalue weighted by Crippen LogP contribution is 2.39. The summed E-state index contributed by atoms with van der Waals surface area (Å²) in [7, 11) is 0. The maximum atomic E-state index is 10.6. The van der Waals surface area contributed by atoms with E-state index in [1.165, 1.54) is 5.57 Å². The van der Waals surface area contributed by atoms with Crippen LogP contribution >= 0.6 is 23.7 Å². The van der Waals surface area contributed by atoms with E-state index in [2.05, 4.69) is 55.4 Å². The number of nitrogens with zero attached hydrogens (tertiary/aromatic N) is 3. The van der Waals surface area contributed by atoms with Gasteiger partial charge in [-0.2, -0.15) is 5.10 Å². The van der Waals surface area contributed by atoms with Crippen LogP contribution < -0.4 is 5.32 Å². The molecule has 3 aromatic heterocycles. The van der Waals surface area contributed by atoms with Crippen molar-refractivity contribution in [1.82, 2.24) is 25.5 Å². The van der Waals surface area contributed by atoms with Crippen molar-refractivity contribution in [2.45, 2.75) is 45.2 Å². The molecule has 32 heavy (non-hydrogen) atoms. The fourth-order valence-corrected chi connectivity index (χ4v) is 5.51. The molecule has 0 radical (unpaired) electrons. The zero-order valence-corrected chi connectivity index (χ0v) is 20.1. The smallest absolute Gasteiger partial charge is 0.128 e. The Morgan fingerprint density at radius 2 is 1.88 bits per heavy atom. The third-order valence-corrected chi connectivity index (χ3v) is 6.54. The number of nitrogens with one attached hydrogen (secondary N) is 2. The van der Waals surface area contributed by atoms with Crippen molar-refractivity contribution in [3.8, 4) is 27.4 Å². The van der Waals surface area contributed by atoms with Crippen LogP contribution in [0.3, 0.4) is 0 Å². The Kier molecular flexibility index (Phi) is 5.61. The summed E-state index contributed by atoms with van der Waals surface area (Å²) < 4.78 is 1.06. The largest absolute Gasteiger partial charge is 0.507 e. The molecule has 1 aliphatic rings. The number of benzene rings is 1. The molecule has 0 amide bonds. The lowest BCUT2D eigenvalue weighted by Gasteiger charge is -2.41. The summed E-state index contributed by atoms with van der Waals surface area (Å²) in [4.78, 5) is 9.44. The summed E-state index contributed by atoms with van der Waals surface area (Å²) in [6.07, 6.45) is 8.56. The first-order valence-electron chi connectivity index (χ1n) is 10.3. The van der Waals surface area contributed by atoms with Gasteiger partial charge in [0, 0.05) is 22.8 Å². The van der Waals surface area contributed by atoms with E-state index >= 15 is 0 Å². The zero-order valence-electron chi connectivity index (χ0n) is 18.4. The Bertz CT molecular complexity index is 1310. The number of aromatic amines is 1. The number of fused-ring (bicyclic) bond motifs is 1. The highest BCUT2D eigenvalue weighted by Gasteiger charge is 2.33.